The van der Waals surface area contributed by atoms with Gasteiger partial charge in [0.2, 0.25) is 0 Å². The predicted molar refractivity (Wildman–Crippen MR) is 87.0 cm³/mol. The summed E-state index contributed by atoms with van der Waals surface area (Å²) in [6.07, 6.45) is 3.29. The van der Waals surface area contributed by atoms with Crippen molar-refractivity contribution < 1.29 is 9.18 Å². The first kappa shape index (κ1) is 15.7. The third kappa shape index (κ3) is 3.70. The van der Waals surface area contributed by atoms with E-state index in [0.29, 0.717) is 15.6 Å². The Bertz CT molecular complexity index is 653. The summed E-state index contributed by atoms with van der Waals surface area (Å²) in [6, 6.07) is 10.1. The Morgan fingerprint density at radius 3 is 2.52 bits per heavy atom. The molecule has 0 heterocycles. The first-order valence-corrected chi connectivity index (χ1v) is 7.70. The number of nitrogens with two attached hydrogens (primary N) is 1. The predicted octanol–water partition coefficient (Wildman–Crippen LogP) is 4.74. The van der Waals surface area contributed by atoms with Crippen LogP contribution in [0.1, 0.15) is 41.3 Å². The molecule has 2 rings (SSSR count). The number of aryl methyl sites for hydroxylation is 1. The number of benzene rings is 2. The highest BCUT2D eigenvalue weighted by Gasteiger charge is 2.15. The topological polar surface area (TPSA) is 43.1 Å². The van der Waals surface area contributed by atoms with Gasteiger partial charge in [0.05, 0.1) is 5.69 Å². The molecule has 0 aromatic heterocycles. The molecule has 0 saturated carbocycles. The lowest BCUT2D eigenvalue weighted by molar-refractivity contribution is 0.103. The average Bonchev–Trinajstić information content (AvgIpc) is 2.48. The molecule has 21 heavy (non-hydrogen) atoms. The van der Waals surface area contributed by atoms with Crippen LogP contribution >= 0.6 is 15.9 Å². The van der Waals surface area contributed by atoms with Crippen molar-refractivity contribution in [1.29, 1.82) is 0 Å². The van der Waals surface area contributed by atoms with Crippen LogP contribution in [-0.4, -0.2) is 5.78 Å². The molecule has 0 saturated heterocycles. The highest BCUT2D eigenvalue weighted by Crippen LogP contribution is 2.25. The lowest BCUT2D eigenvalue weighted by Gasteiger charge is -2.07. The van der Waals surface area contributed by atoms with Crippen LogP contribution in [0.15, 0.2) is 40.9 Å². The Morgan fingerprint density at radius 1 is 1.24 bits per heavy atom. The number of carbonyl (C=O) groups is 1. The van der Waals surface area contributed by atoms with Crippen LogP contribution in [0.25, 0.3) is 0 Å². The molecule has 2 nitrogen and oxygen atoms in total. The lowest BCUT2D eigenvalue weighted by Crippen LogP contribution is -2.05. The van der Waals surface area contributed by atoms with Crippen molar-refractivity contribution in [3.05, 3.63) is 63.4 Å². The quantitative estimate of drug-likeness (QED) is 0.625. The number of halogens is 2. The Labute approximate surface area is 132 Å². The zero-order chi connectivity index (χ0) is 15.4. The molecular weight excluding hydrogens is 333 g/mol. The van der Waals surface area contributed by atoms with Gasteiger partial charge in [-0.05, 0) is 46.5 Å². The molecule has 0 aliphatic carbocycles. The zero-order valence-corrected chi connectivity index (χ0v) is 13.4. The molecule has 0 unspecified atom stereocenters. The Kier molecular flexibility index (Phi) is 5.12. The van der Waals surface area contributed by atoms with E-state index < -0.39 is 5.82 Å². The van der Waals surface area contributed by atoms with Crippen LogP contribution in [0.2, 0.25) is 0 Å². The second kappa shape index (κ2) is 6.85. The maximum absolute atomic E-state index is 13.3. The molecule has 2 aromatic rings. The van der Waals surface area contributed by atoms with Gasteiger partial charge in [-0.1, -0.05) is 37.6 Å². The highest BCUT2D eigenvalue weighted by molar-refractivity contribution is 9.10. The number of nitrogen functional groups attached to an aromatic ring is 1. The van der Waals surface area contributed by atoms with Crippen molar-refractivity contribution >= 4 is 27.4 Å². The Balaban J connectivity index is 2.26. The van der Waals surface area contributed by atoms with E-state index in [1.165, 1.54) is 17.7 Å². The molecule has 0 aliphatic rings. The molecule has 0 spiro atoms. The molecule has 0 aliphatic heterocycles. The van der Waals surface area contributed by atoms with Crippen LogP contribution in [-0.2, 0) is 6.42 Å². The maximum Gasteiger partial charge on any atom is 0.194 e. The summed E-state index contributed by atoms with van der Waals surface area (Å²) in [4.78, 5) is 12.4. The first-order valence-electron chi connectivity index (χ1n) is 6.91. The number of ketones is 1. The van der Waals surface area contributed by atoms with Crippen LogP contribution in [0.4, 0.5) is 10.1 Å². The fourth-order valence-electron chi connectivity index (χ4n) is 2.10. The van der Waals surface area contributed by atoms with Gasteiger partial charge < -0.3 is 5.73 Å². The van der Waals surface area contributed by atoms with E-state index in [1.807, 2.05) is 12.1 Å². The van der Waals surface area contributed by atoms with Gasteiger partial charge in [-0.2, -0.15) is 0 Å². The normalized spacial score (nSPS) is 10.6. The first-order chi connectivity index (χ1) is 10.0. The van der Waals surface area contributed by atoms with Gasteiger partial charge in [0.15, 0.2) is 5.78 Å². The highest BCUT2D eigenvalue weighted by atomic mass is 79.9. The summed E-state index contributed by atoms with van der Waals surface area (Å²) in [5.41, 5.74) is 7.67. The van der Waals surface area contributed by atoms with Gasteiger partial charge in [-0.3, -0.25) is 4.79 Å². The number of rotatable bonds is 5. The number of hydrogen-bond donors (Lipinski definition) is 1. The smallest absolute Gasteiger partial charge is 0.194 e. The van der Waals surface area contributed by atoms with E-state index in [0.717, 1.165) is 19.3 Å². The van der Waals surface area contributed by atoms with Crippen LogP contribution in [0.3, 0.4) is 0 Å². The Hall–Kier alpha value is -1.68. The average molecular weight is 350 g/mol. The molecule has 2 aromatic carbocycles. The number of anilines is 1. The number of carbonyl (C=O) groups excluding carboxylic acids is 1. The summed E-state index contributed by atoms with van der Waals surface area (Å²) < 4.78 is 13.7. The molecule has 2 N–H and O–H groups in total. The molecule has 0 atom stereocenters. The molecular formula is C17H17BrFNO. The summed E-state index contributed by atoms with van der Waals surface area (Å²) in [5.74, 6) is -0.705. The van der Waals surface area contributed by atoms with Gasteiger partial charge in [-0.15, -0.1) is 0 Å². The summed E-state index contributed by atoms with van der Waals surface area (Å²) in [6.45, 7) is 2.15. The van der Waals surface area contributed by atoms with E-state index in [9.17, 15) is 9.18 Å². The lowest BCUT2D eigenvalue weighted by atomic mass is 10.00. The van der Waals surface area contributed by atoms with Gasteiger partial charge >= 0.3 is 0 Å². The fourth-order valence-corrected chi connectivity index (χ4v) is 2.59. The largest absolute Gasteiger partial charge is 0.396 e. The van der Waals surface area contributed by atoms with Gasteiger partial charge in [-0.25, -0.2) is 4.39 Å². The third-order valence-corrected chi connectivity index (χ3v) is 4.02. The zero-order valence-electron chi connectivity index (χ0n) is 11.8. The van der Waals surface area contributed by atoms with Crippen LogP contribution in [0, 0.1) is 5.82 Å². The Morgan fingerprint density at radius 2 is 1.90 bits per heavy atom. The van der Waals surface area contributed by atoms with Crippen LogP contribution in [0.5, 0.6) is 0 Å². The fraction of sp³-hybridized carbons (Fsp3) is 0.235. The number of hydrogen-bond acceptors (Lipinski definition) is 2. The second-order valence-electron chi connectivity index (χ2n) is 4.98. The van der Waals surface area contributed by atoms with Crippen LogP contribution < -0.4 is 5.73 Å². The second-order valence-corrected chi connectivity index (χ2v) is 5.84. The summed E-state index contributed by atoms with van der Waals surface area (Å²) in [5, 5.41) is 0. The van der Waals surface area contributed by atoms with Gasteiger partial charge in [0, 0.05) is 15.6 Å². The third-order valence-electron chi connectivity index (χ3n) is 3.37. The molecule has 0 bridgehead atoms. The SMILES string of the molecule is CCCCc1ccc(C(=O)c2cc(N)c(F)cc2Br)cc1. The standard InChI is InChI=1S/C17H17BrFNO/c1-2-3-4-11-5-7-12(8-6-11)17(21)13-9-16(20)15(19)10-14(13)18/h5-10H,2-4,20H2,1H3. The monoisotopic (exact) mass is 349 g/mol. The van der Waals surface area contributed by atoms with E-state index in [2.05, 4.69) is 22.9 Å². The minimum absolute atomic E-state index is 0.0267. The van der Waals surface area contributed by atoms with Crippen molar-refractivity contribution in [3.8, 4) is 0 Å². The van der Waals surface area contributed by atoms with Crippen molar-refractivity contribution in [2.24, 2.45) is 0 Å². The summed E-state index contributed by atoms with van der Waals surface area (Å²) >= 11 is 3.21. The maximum atomic E-state index is 13.3. The minimum Gasteiger partial charge on any atom is -0.396 e. The molecule has 4 heteroatoms. The molecule has 0 fully saturated rings. The minimum atomic E-state index is -0.534. The van der Waals surface area contributed by atoms with Crippen molar-refractivity contribution in [1.82, 2.24) is 0 Å². The van der Waals surface area contributed by atoms with Crippen molar-refractivity contribution in [3.63, 3.8) is 0 Å². The summed E-state index contributed by atoms with van der Waals surface area (Å²) in [7, 11) is 0. The molecule has 0 amide bonds. The van der Waals surface area contributed by atoms with E-state index >= 15 is 0 Å². The number of unbranched alkanes of at least 4 members (excludes halogenated alkanes) is 1. The van der Waals surface area contributed by atoms with Gasteiger partial charge in [0.1, 0.15) is 5.82 Å². The van der Waals surface area contributed by atoms with Gasteiger partial charge in [0.25, 0.3) is 0 Å². The molecule has 0 radical (unpaired) electrons. The van der Waals surface area contributed by atoms with Crippen molar-refractivity contribution in [2.45, 2.75) is 26.2 Å². The molecule has 110 valence electrons. The van der Waals surface area contributed by atoms with E-state index in [-0.39, 0.29) is 11.5 Å². The van der Waals surface area contributed by atoms with E-state index in [4.69, 9.17) is 5.73 Å². The van der Waals surface area contributed by atoms with E-state index in [1.54, 1.807) is 12.1 Å². The van der Waals surface area contributed by atoms with Crippen molar-refractivity contribution in [2.75, 3.05) is 5.73 Å².